The molecule has 2 aliphatic rings. The van der Waals surface area contributed by atoms with Gasteiger partial charge in [0, 0.05) is 32.7 Å². The summed E-state index contributed by atoms with van der Waals surface area (Å²) < 4.78 is 10.7. The molecular weight excluding hydrogens is 288 g/mol. The van der Waals surface area contributed by atoms with E-state index >= 15 is 0 Å². The topological polar surface area (TPSA) is 49.0 Å². The predicted molar refractivity (Wildman–Crippen MR) is 84.2 cm³/mol. The molecule has 1 saturated heterocycles. The summed E-state index contributed by atoms with van der Waals surface area (Å²) in [7, 11) is 2.13. The molecule has 0 unspecified atom stereocenters. The third kappa shape index (κ3) is 3.75. The lowest BCUT2D eigenvalue weighted by Gasteiger charge is -2.33. The number of ether oxygens (including phenoxy) is 2. The summed E-state index contributed by atoms with van der Waals surface area (Å²) in [5.74, 6) is 1.60. The van der Waals surface area contributed by atoms with E-state index in [1.807, 2.05) is 18.2 Å². The van der Waals surface area contributed by atoms with Crippen LogP contribution in [0.1, 0.15) is 5.56 Å². The molecule has 1 aromatic carbocycles. The van der Waals surface area contributed by atoms with Gasteiger partial charge < -0.3 is 19.7 Å². The first-order valence-electron chi connectivity index (χ1n) is 7.07. The Morgan fingerprint density at radius 2 is 1.95 bits per heavy atom. The van der Waals surface area contributed by atoms with Crippen molar-refractivity contribution in [3.8, 4) is 11.5 Å². The second-order valence-electron chi connectivity index (χ2n) is 5.27. The molecule has 0 aliphatic carbocycles. The highest BCUT2D eigenvalue weighted by atomic mass is 32.1. The number of thiocarbonyl (C=S) groups is 1. The van der Waals surface area contributed by atoms with Crippen LogP contribution in [-0.2, 0) is 6.54 Å². The number of fused-ring (bicyclic) bond motifs is 1. The van der Waals surface area contributed by atoms with Gasteiger partial charge in [0.2, 0.25) is 6.79 Å². The lowest BCUT2D eigenvalue weighted by atomic mass is 10.2. The predicted octanol–water partition coefficient (Wildman–Crippen LogP) is 0.542. The Kier molecular flexibility index (Phi) is 4.42. The van der Waals surface area contributed by atoms with Crippen LogP contribution < -0.4 is 20.2 Å². The Balaban J connectivity index is 1.45. The van der Waals surface area contributed by atoms with Crippen LogP contribution in [0.4, 0.5) is 0 Å². The smallest absolute Gasteiger partial charge is 0.231 e. The van der Waals surface area contributed by atoms with Crippen molar-refractivity contribution in [2.24, 2.45) is 0 Å². The Morgan fingerprint density at radius 1 is 1.19 bits per heavy atom. The minimum Gasteiger partial charge on any atom is -0.454 e. The minimum atomic E-state index is 0.301. The molecule has 114 valence electrons. The van der Waals surface area contributed by atoms with Gasteiger partial charge in [0.1, 0.15) is 0 Å². The summed E-state index contributed by atoms with van der Waals surface area (Å²) >= 11 is 5.33. The molecule has 3 rings (SSSR count). The molecule has 2 N–H and O–H groups in total. The highest BCUT2D eigenvalue weighted by molar-refractivity contribution is 7.80. The van der Waals surface area contributed by atoms with Crippen molar-refractivity contribution in [1.29, 1.82) is 0 Å². The molecule has 1 fully saturated rings. The van der Waals surface area contributed by atoms with Crippen LogP contribution in [-0.4, -0.2) is 55.0 Å². The zero-order chi connectivity index (χ0) is 14.7. The van der Waals surface area contributed by atoms with Crippen molar-refractivity contribution >= 4 is 17.3 Å². The van der Waals surface area contributed by atoms with E-state index in [9.17, 15) is 0 Å². The van der Waals surface area contributed by atoms with Crippen LogP contribution >= 0.6 is 12.2 Å². The van der Waals surface area contributed by atoms with Crippen molar-refractivity contribution in [2.75, 3.05) is 40.0 Å². The first-order chi connectivity index (χ1) is 10.2. The molecule has 0 aromatic heterocycles. The van der Waals surface area contributed by atoms with Crippen molar-refractivity contribution in [3.05, 3.63) is 23.8 Å². The molecule has 7 heteroatoms. The van der Waals surface area contributed by atoms with Crippen molar-refractivity contribution in [1.82, 2.24) is 20.7 Å². The number of hydrazine groups is 1. The second-order valence-corrected chi connectivity index (χ2v) is 5.68. The molecule has 0 radical (unpaired) electrons. The zero-order valence-electron chi connectivity index (χ0n) is 12.1. The summed E-state index contributed by atoms with van der Waals surface area (Å²) in [6.45, 7) is 5.02. The summed E-state index contributed by atoms with van der Waals surface area (Å²) in [6.07, 6.45) is 0. The zero-order valence-corrected chi connectivity index (χ0v) is 12.9. The molecule has 2 aliphatic heterocycles. The molecule has 0 bridgehead atoms. The van der Waals surface area contributed by atoms with Crippen LogP contribution in [0.15, 0.2) is 18.2 Å². The van der Waals surface area contributed by atoms with Gasteiger partial charge in [-0.15, -0.1) is 0 Å². The Morgan fingerprint density at radius 3 is 2.76 bits per heavy atom. The fourth-order valence-corrected chi connectivity index (χ4v) is 2.54. The first-order valence-corrected chi connectivity index (χ1v) is 7.48. The van der Waals surface area contributed by atoms with E-state index in [1.54, 1.807) is 0 Å². The third-order valence-corrected chi connectivity index (χ3v) is 3.89. The van der Waals surface area contributed by atoms with Gasteiger partial charge in [-0.3, -0.25) is 5.43 Å². The number of hydrogen-bond acceptors (Lipinski definition) is 5. The summed E-state index contributed by atoms with van der Waals surface area (Å²) in [5.41, 5.74) is 4.35. The lowest BCUT2D eigenvalue weighted by molar-refractivity contribution is 0.130. The average Bonchev–Trinajstić information content (AvgIpc) is 2.95. The van der Waals surface area contributed by atoms with Crippen LogP contribution in [0.2, 0.25) is 0 Å². The molecule has 0 spiro atoms. The van der Waals surface area contributed by atoms with Gasteiger partial charge in [0.05, 0.1) is 0 Å². The standard InChI is InChI=1S/C14H20N4O2S/c1-17-4-6-18(7-5-17)16-14(21)15-9-11-2-3-12-13(8-11)20-10-19-12/h2-3,8H,4-7,9-10H2,1H3,(H2,15,16,21). The van der Waals surface area contributed by atoms with E-state index < -0.39 is 0 Å². The van der Waals surface area contributed by atoms with Crippen LogP contribution in [0.3, 0.4) is 0 Å². The van der Waals surface area contributed by atoms with Gasteiger partial charge in [-0.25, -0.2) is 5.01 Å². The van der Waals surface area contributed by atoms with Gasteiger partial charge in [0.15, 0.2) is 16.6 Å². The first kappa shape index (κ1) is 14.4. The number of nitrogens with one attached hydrogen (secondary N) is 2. The Bertz CT molecular complexity index is 518. The average molecular weight is 308 g/mol. The molecule has 0 amide bonds. The van der Waals surface area contributed by atoms with Gasteiger partial charge in [0.25, 0.3) is 0 Å². The minimum absolute atomic E-state index is 0.301. The van der Waals surface area contributed by atoms with E-state index in [-0.39, 0.29) is 0 Å². The fourth-order valence-electron chi connectivity index (χ4n) is 2.33. The molecule has 2 heterocycles. The van der Waals surface area contributed by atoms with E-state index in [0.717, 1.165) is 43.2 Å². The van der Waals surface area contributed by atoms with Gasteiger partial charge >= 0.3 is 0 Å². The molecule has 0 saturated carbocycles. The van der Waals surface area contributed by atoms with Crippen molar-refractivity contribution in [3.63, 3.8) is 0 Å². The largest absolute Gasteiger partial charge is 0.454 e. The molecule has 21 heavy (non-hydrogen) atoms. The van der Waals surface area contributed by atoms with E-state index in [0.29, 0.717) is 18.5 Å². The molecule has 6 nitrogen and oxygen atoms in total. The molecular formula is C14H20N4O2S. The van der Waals surface area contributed by atoms with Gasteiger partial charge in [-0.2, -0.15) is 0 Å². The Labute approximate surface area is 130 Å². The summed E-state index contributed by atoms with van der Waals surface area (Å²) in [5, 5.41) is 6.02. The normalized spacial score (nSPS) is 18.5. The third-order valence-electron chi connectivity index (χ3n) is 3.65. The van der Waals surface area contributed by atoms with E-state index in [2.05, 4.69) is 27.7 Å². The van der Waals surface area contributed by atoms with E-state index in [4.69, 9.17) is 21.7 Å². The number of piperazine rings is 1. The van der Waals surface area contributed by atoms with Crippen molar-refractivity contribution in [2.45, 2.75) is 6.54 Å². The summed E-state index contributed by atoms with van der Waals surface area (Å²) in [6, 6.07) is 5.92. The van der Waals surface area contributed by atoms with Gasteiger partial charge in [-0.05, 0) is 37.0 Å². The van der Waals surface area contributed by atoms with Crippen LogP contribution in [0.5, 0.6) is 11.5 Å². The maximum atomic E-state index is 5.37. The second kappa shape index (κ2) is 6.46. The number of nitrogens with zero attached hydrogens (tertiary/aromatic N) is 2. The molecule has 1 aromatic rings. The quantitative estimate of drug-likeness (QED) is 0.791. The fraction of sp³-hybridized carbons (Fsp3) is 0.500. The maximum absolute atomic E-state index is 5.37. The highest BCUT2D eigenvalue weighted by Crippen LogP contribution is 2.32. The molecule has 0 atom stereocenters. The number of benzene rings is 1. The maximum Gasteiger partial charge on any atom is 0.231 e. The van der Waals surface area contributed by atoms with Crippen LogP contribution in [0, 0.1) is 0 Å². The SMILES string of the molecule is CN1CCN(NC(=S)NCc2ccc3c(c2)OCO3)CC1. The Hall–Kier alpha value is -1.57. The number of likely N-dealkylation sites (N-methyl/N-ethyl adjacent to an activating group) is 1. The number of hydrogen-bond donors (Lipinski definition) is 2. The monoisotopic (exact) mass is 308 g/mol. The number of rotatable bonds is 3. The van der Waals surface area contributed by atoms with Crippen LogP contribution in [0.25, 0.3) is 0 Å². The summed E-state index contributed by atoms with van der Waals surface area (Å²) in [4.78, 5) is 2.31. The van der Waals surface area contributed by atoms with Crippen molar-refractivity contribution < 1.29 is 9.47 Å². The van der Waals surface area contributed by atoms with E-state index in [1.165, 1.54) is 0 Å². The van der Waals surface area contributed by atoms with Gasteiger partial charge in [-0.1, -0.05) is 6.07 Å². The lowest BCUT2D eigenvalue weighted by Crippen LogP contribution is -2.54. The highest BCUT2D eigenvalue weighted by Gasteiger charge is 2.15.